The molecule has 0 spiro atoms. The SMILES string of the molecule is CN[C@@H](C)C(O)N[C@H](C(=O)N1C[C@@H](NC(C)=O)C[C@H]1CN(CCc1ccc(F)cc1)C(=O)c1cn2ccccc2n1)C(C)(C)C. The molecule has 1 aliphatic heterocycles. The molecule has 1 aromatic carbocycles. The fourth-order valence-electron chi connectivity index (χ4n) is 5.73. The van der Waals surface area contributed by atoms with Crippen LogP contribution in [0.3, 0.4) is 0 Å². The monoisotopic (exact) mass is 623 g/mol. The highest BCUT2D eigenvalue weighted by Crippen LogP contribution is 2.27. The average molecular weight is 624 g/mol. The van der Waals surface area contributed by atoms with Crippen LogP contribution >= 0.6 is 0 Å². The van der Waals surface area contributed by atoms with Crippen molar-refractivity contribution in [3.63, 3.8) is 0 Å². The molecule has 3 heterocycles. The van der Waals surface area contributed by atoms with Gasteiger partial charge >= 0.3 is 0 Å². The number of nitrogens with zero attached hydrogens (tertiary/aromatic N) is 4. The molecule has 1 saturated heterocycles. The van der Waals surface area contributed by atoms with Gasteiger partial charge in [0, 0.05) is 51.0 Å². The van der Waals surface area contributed by atoms with Crippen LogP contribution in [0.25, 0.3) is 5.65 Å². The van der Waals surface area contributed by atoms with Gasteiger partial charge in [0.05, 0.1) is 12.1 Å². The van der Waals surface area contributed by atoms with Crippen molar-refractivity contribution in [2.45, 2.75) is 77.9 Å². The topological polar surface area (TPSA) is 131 Å². The molecule has 5 atom stereocenters. The summed E-state index contributed by atoms with van der Waals surface area (Å²) in [5, 5.41) is 19.9. The van der Waals surface area contributed by atoms with Gasteiger partial charge in [-0.25, -0.2) is 9.37 Å². The first-order valence-corrected chi connectivity index (χ1v) is 15.4. The van der Waals surface area contributed by atoms with Gasteiger partial charge in [-0.2, -0.15) is 0 Å². The molecule has 11 nitrogen and oxygen atoms in total. The van der Waals surface area contributed by atoms with Crippen molar-refractivity contribution >= 4 is 23.4 Å². The quantitative estimate of drug-likeness (QED) is 0.228. The zero-order valence-electron chi connectivity index (χ0n) is 27.0. The molecule has 244 valence electrons. The van der Waals surface area contributed by atoms with Gasteiger partial charge in [0.2, 0.25) is 11.8 Å². The zero-order chi connectivity index (χ0) is 32.9. The minimum Gasteiger partial charge on any atom is -0.377 e. The number of amides is 3. The van der Waals surface area contributed by atoms with Crippen molar-refractivity contribution in [2.75, 3.05) is 26.7 Å². The number of nitrogens with one attached hydrogen (secondary N) is 3. The van der Waals surface area contributed by atoms with Gasteiger partial charge in [0.25, 0.3) is 5.91 Å². The third kappa shape index (κ3) is 8.65. The maximum absolute atomic E-state index is 14.3. The first-order valence-electron chi connectivity index (χ1n) is 15.4. The summed E-state index contributed by atoms with van der Waals surface area (Å²) in [6, 6.07) is 9.90. The van der Waals surface area contributed by atoms with E-state index in [9.17, 15) is 23.9 Å². The molecule has 0 bridgehead atoms. The van der Waals surface area contributed by atoms with Crippen LogP contribution < -0.4 is 16.0 Å². The Bertz CT molecular complexity index is 1440. The van der Waals surface area contributed by atoms with Gasteiger partial charge in [-0.3, -0.25) is 19.7 Å². The molecule has 0 saturated carbocycles. The molecule has 4 N–H and O–H groups in total. The molecular formula is C33H46FN7O4. The Morgan fingerprint density at radius 1 is 1.16 bits per heavy atom. The van der Waals surface area contributed by atoms with E-state index < -0.39 is 23.7 Å². The number of rotatable bonds is 12. The van der Waals surface area contributed by atoms with Crippen molar-refractivity contribution in [1.29, 1.82) is 0 Å². The van der Waals surface area contributed by atoms with E-state index in [1.165, 1.54) is 19.1 Å². The van der Waals surface area contributed by atoms with Gasteiger partial charge in [-0.05, 0) is 62.1 Å². The zero-order valence-corrected chi connectivity index (χ0v) is 27.0. The van der Waals surface area contributed by atoms with Gasteiger partial charge < -0.3 is 29.9 Å². The molecule has 1 unspecified atom stereocenters. The summed E-state index contributed by atoms with van der Waals surface area (Å²) in [5.41, 5.74) is 1.21. The number of hydrogen-bond acceptors (Lipinski definition) is 7. The van der Waals surface area contributed by atoms with Crippen molar-refractivity contribution in [3.8, 4) is 0 Å². The third-order valence-electron chi connectivity index (χ3n) is 8.37. The fraction of sp³-hybridized carbons (Fsp3) is 0.515. The molecule has 4 rings (SSSR count). The van der Waals surface area contributed by atoms with Crippen LogP contribution in [0.4, 0.5) is 4.39 Å². The molecule has 2 aromatic heterocycles. The second-order valence-corrected chi connectivity index (χ2v) is 13.0. The van der Waals surface area contributed by atoms with Crippen molar-refractivity contribution in [3.05, 3.63) is 71.9 Å². The lowest BCUT2D eigenvalue weighted by molar-refractivity contribution is -0.139. The number of benzene rings is 1. The van der Waals surface area contributed by atoms with Gasteiger partial charge in [-0.15, -0.1) is 0 Å². The van der Waals surface area contributed by atoms with Crippen molar-refractivity contribution < 1.29 is 23.9 Å². The molecule has 12 heteroatoms. The molecule has 3 amide bonds. The van der Waals surface area contributed by atoms with Crippen LogP contribution in [-0.2, 0) is 16.0 Å². The van der Waals surface area contributed by atoms with Crippen molar-refractivity contribution in [1.82, 2.24) is 35.1 Å². The van der Waals surface area contributed by atoms with Crippen molar-refractivity contribution in [2.24, 2.45) is 5.41 Å². The van der Waals surface area contributed by atoms with E-state index >= 15 is 0 Å². The maximum Gasteiger partial charge on any atom is 0.274 e. The minimum atomic E-state index is -0.987. The Balaban J connectivity index is 1.64. The lowest BCUT2D eigenvalue weighted by atomic mass is 9.85. The van der Waals surface area contributed by atoms with Crippen LogP contribution in [0.5, 0.6) is 0 Å². The number of aliphatic hydroxyl groups is 1. The Kier molecular flexibility index (Phi) is 10.9. The maximum atomic E-state index is 14.3. The fourth-order valence-corrected chi connectivity index (χ4v) is 5.73. The number of pyridine rings is 1. The highest BCUT2D eigenvalue weighted by Gasteiger charge is 2.43. The molecular weight excluding hydrogens is 577 g/mol. The predicted molar refractivity (Wildman–Crippen MR) is 170 cm³/mol. The van der Waals surface area contributed by atoms with Crippen LogP contribution in [-0.4, -0.2) is 99.1 Å². The molecule has 1 aliphatic rings. The number of fused-ring (bicyclic) bond motifs is 1. The van der Waals surface area contributed by atoms with Crippen LogP contribution in [0.2, 0.25) is 0 Å². The highest BCUT2D eigenvalue weighted by molar-refractivity contribution is 5.93. The molecule has 3 aromatic rings. The number of imidazole rings is 1. The predicted octanol–water partition coefficient (Wildman–Crippen LogP) is 2.19. The Labute approximate surface area is 264 Å². The number of aromatic nitrogens is 2. The van der Waals surface area contributed by atoms with E-state index in [0.717, 1.165) is 5.56 Å². The van der Waals surface area contributed by atoms with Gasteiger partial charge in [0.1, 0.15) is 23.4 Å². The van der Waals surface area contributed by atoms with Gasteiger partial charge in [-0.1, -0.05) is 39.0 Å². The summed E-state index contributed by atoms with van der Waals surface area (Å²) in [4.78, 5) is 48.3. The number of aliphatic hydroxyl groups excluding tert-OH is 1. The Morgan fingerprint density at radius 3 is 2.49 bits per heavy atom. The van der Waals surface area contributed by atoms with E-state index in [4.69, 9.17) is 0 Å². The van der Waals surface area contributed by atoms with E-state index in [-0.39, 0.29) is 54.4 Å². The summed E-state index contributed by atoms with van der Waals surface area (Å²) in [5.74, 6) is -1.05. The number of carbonyl (C=O) groups excluding carboxylic acids is 3. The molecule has 45 heavy (non-hydrogen) atoms. The number of hydrogen-bond donors (Lipinski definition) is 4. The van der Waals surface area contributed by atoms with Crippen LogP contribution in [0.15, 0.2) is 54.9 Å². The minimum absolute atomic E-state index is 0.196. The first-order chi connectivity index (χ1) is 21.3. The third-order valence-corrected chi connectivity index (χ3v) is 8.37. The second kappa shape index (κ2) is 14.5. The summed E-state index contributed by atoms with van der Waals surface area (Å²) >= 11 is 0. The number of likely N-dealkylation sites (N-methyl/N-ethyl adjacent to an activating group) is 1. The average Bonchev–Trinajstić information content (AvgIpc) is 3.60. The number of carbonyl (C=O) groups is 3. The van der Waals surface area contributed by atoms with Crippen LogP contribution in [0, 0.1) is 11.2 Å². The molecule has 0 aliphatic carbocycles. The van der Waals surface area contributed by atoms with Gasteiger partial charge in [0.15, 0.2) is 0 Å². The summed E-state index contributed by atoms with van der Waals surface area (Å²) < 4.78 is 15.4. The Hall–Kier alpha value is -3.87. The standard InChI is InChI=1S/C33H46FN7O4/c1-21(35-6)30(43)38-29(33(3,4)5)32(45)41-18-25(36-22(2)42)17-26(41)19-40(16-14-23-10-12-24(34)13-11-23)31(44)27-20-39-15-8-7-9-28(39)37-27/h7-13,15,20-21,25-26,29-30,35,38,43H,14,16-19H2,1-6H3,(H,36,42)/t21-,25-,26-,29+,30?/m0/s1. The van der Waals surface area contributed by atoms with E-state index in [2.05, 4.69) is 20.9 Å². The smallest absolute Gasteiger partial charge is 0.274 e. The highest BCUT2D eigenvalue weighted by atomic mass is 19.1. The lowest BCUT2D eigenvalue weighted by Crippen LogP contribution is -2.60. The summed E-state index contributed by atoms with van der Waals surface area (Å²) in [6.07, 6.45) is 3.43. The number of likely N-dealkylation sites (tertiary alicyclic amines) is 1. The van der Waals surface area contributed by atoms with E-state index in [1.807, 2.05) is 52.1 Å². The first kappa shape index (κ1) is 34.0. The largest absolute Gasteiger partial charge is 0.377 e. The number of halogens is 1. The lowest BCUT2D eigenvalue weighted by Gasteiger charge is -2.39. The van der Waals surface area contributed by atoms with E-state index in [0.29, 0.717) is 25.0 Å². The summed E-state index contributed by atoms with van der Waals surface area (Å²) in [7, 11) is 1.73. The Morgan fingerprint density at radius 2 is 1.87 bits per heavy atom. The molecule has 0 radical (unpaired) electrons. The normalized spacial score (nSPS) is 18.9. The second-order valence-electron chi connectivity index (χ2n) is 13.0. The van der Waals surface area contributed by atoms with E-state index in [1.54, 1.807) is 39.6 Å². The summed E-state index contributed by atoms with van der Waals surface area (Å²) in [6.45, 7) is 9.81. The molecule has 1 fully saturated rings. The van der Waals surface area contributed by atoms with Crippen LogP contribution in [0.1, 0.15) is 57.1 Å².